The average Bonchev–Trinajstić information content (AvgIpc) is 2.74. The van der Waals surface area contributed by atoms with Gasteiger partial charge in [-0.1, -0.05) is 22.9 Å². The van der Waals surface area contributed by atoms with E-state index in [1.54, 1.807) is 0 Å². The average molecular weight is 353 g/mol. The van der Waals surface area contributed by atoms with Gasteiger partial charge in [-0.3, -0.25) is 4.79 Å². The maximum atomic E-state index is 12.0. The summed E-state index contributed by atoms with van der Waals surface area (Å²) in [6.07, 6.45) is 0. The zero-order chi connectivity index (χ0) is 11.0. The summed E-state index contributed by atoms with van der Waals surface area (Å²) in [5.41, 5.74) is 0. The van der Waals surface area contributed by atoms with Gasteiger partial charge in [0.15, 0.2) is 0 Å². The molecule has 1 aromatic heterocycles. The first-order valence-corrected chi connectivity index (χ1v) is 7.29. The summed E-state index contributed by atoms with van der Waals surface area (Å²) in [5, 5.41) is 0. The third-order valence-corrected chi connectivity index (χ3v) is 5.40. The summed E-state index contributed by atoms with van der Waals surface area (Å²) >= 11 is 8.46. The number of carbonyl (C=O) groups is 1. The summed E-state index contributed by atoms with van der Waals surface area (Å²) in [5.74, 6) is 0.692. The second-order valence-electron chi connectivity index (χ2n) is 3.81. The summed E-state index contributed by atoms with van der Waals surface area (Å²) in [6.45, 7) is 3.83. The maximum absolute atomic E-state index is 12.0. The number of rotatable bonds is 1. The fraction of sp³-hybridized carbons (Fsp3) is 0.500. The van der Waals surface area contributed by atoms with Gasteiger partial charge in [-0.2, -0.15) is 0 Å². The second-order valence-corrected chi connectivity index (χ2v) is 7.45. The highest BCUT2D eigenvalue weighted by Gasteiger charge is 2.31. The predicted molar refractivity (Wildman–Crippen MR) is 69.8 cm³/mol. The van der Waals surface area contributed by atoms with E-state index in [0.717, 1.165) is 21.8 Å². The molecule has 2 unspecified atom stereocenters. The van der Waals surface area contributed by atoms with Gasteiger partial charge in [-0.05, 0) is 34.0 Å². The Morgan fingerprint density at radius 2 is 2.27 bits per heavy atom. The zero-order valence-electron chi connectivity index (χ0n) is 8.24. The van der Waals surface area contributed by atoms with E-state index in [4.69, 9.17) is 0 Å². The van der Waals surface area contributed by atoms with Gasteiger partial charge in [0.05, 0.1) is 8.66 Å². The monoisotopic (exact) mass is 351 g/mol. The van der Waals surface area contributed by atoms with Crippen molar-refractivity contribution >= 4 is 49.1 Å². The number of hydrogen-bond acceptors (Lipinski definition) is 2. The van der Waals surface area contributed by atoms with Crippen LogP contribution in [-0.2, 0) is 0 Å². The molecule has 0 spiro atoms. The Labute approximate surface area is 110 Å². The maximum Gasteiger partial charge on any atom is 0.264 e. The predicted octanol–water partition coefficient (Wildman–Crippen LogP) is 3.37. The first-order valence-electron chi connectivity index (χ1n) is 4.76. The summed E-state index contributed by atoms with van der Waals surface area (Å²) in [6, 6.07) is 3.80. The lowest BCUT2D eigenvalue weighted by molar-refractivity contribution is 0.0793. The smallest absolute Gasteiger partial charge is 0.264 e. The Bertz CT molecular complexity index is 369. The van der Waals surface area contributed by atoms with Crippen LogP contribution in [-0.4, -0.2) is 28.7 Å². The molecule has 1 fully saturated rings. The quantitative estimate of drug-likeness (QED) is 0.709. The van der Waals surface area contributed by atoms with Crippen LogP contribution in [0.1, 0.15) is 16.6 Å². The van der Waals surface area contributed by atoms with Crippen LogP contribution in [0, 0.1) is 5.92 Å². The largest absolute Gasteiger partial charge is 0.337 e. The molecular weight excluding hydrogens is 342 g/mol. The molecule has 5 heteroatoms. The first-order chi connectivity index (χ1) is 7.08. The van der Waals surface area contributed by atoms with Crippen molar-refractivity contribution in [3.63, 3.8) is 0 Å². The topological polar surface area (TPSA) is 20.3 Å². The van der Waals surface area contributed by atoms with Gasteiger partial charge in [0.1, 0.15) is 0 Å². The Morgan fingerprint density at radius 1 is 1.53 bits per heavy atom. The van der Waals surface area contributed by atoms with Crippen molar-refractivity contribution in [2.45, 2.75) is 11.8 Å². The Morgan fingerprint density at radius 3 is 2.73 bits per heavy atom. The van der Waals surface area contributed by atoms with Crippen LogP contribution in [0.2, 0.25) is 0 Å². The second kappa shape index (κ2) is 4.55. The first kappa shape index (κ1) is 11.6. The van der Waals surface area contributed by atoms with Crippen LogP contribution in [0.5, 0.6) is 0 Å². The van der Waals surface area contributed by atoms with E-state index < -0.39 is 0 Å². The number of amides is 1. The number of alkyl halides is 1. The highest BCUT2D eigenvalue weighted by atomic mass is 79.9. The van der Waals surface area contributed by atoms with Crippen molar-refractivity contribution in [2.75, 3.05) is 13.1 Å². The van der Waals surface area contributed by atoms with Gasteiger partial charge in [-0.25, -0.2) is 0 Å². The molecule has 1 amide bonds. The normalized spacial score (nSPS) is 25.9. The van der Waals surface area contributed by atoms with Crippen molar-refractivity contribution in [1.29, 1.82) is 0 Å². The van der Waals surface area contributed by atoms with Crippen LogP contribution in [0.4, 0.5) is 0 Å². The van der Waals surface area contributed by atoms with Crippen LogP contribution < -0.4 is 0 Å². The highest BCUT2D eigenvalue weighted by molar-refractivity contribution is 9.11. The zero-order valence-corrected chi connectivity index (χ0v) is 12.2. The van der Waals surface area contributed by atoms with Crippen LogP contribution in [0.15, 0.2) is 15.9 Å². The standard InChI is InChI=1S/C10H11Br2NOS/c1-6-4-13(5-7(6)11)10(14)8-2-3-9(12)15-8/h2-3,6-7H,4-5H2,1H3. The SMILES string of the molecule is CC1CN(C(=O)c2ccc(Br)s2)CC1Br. The number of hydrogen-bond donors (Lipinski definition) is 0. The van der Waals surface area contributed by atoms with E-state index in [9.17, 15) is 4.79 Å². The molecular formula is C10H11Br2NOS. The molecule has 0 saturated carbocycles. The lowest BCUT2D eigenvalue weighted by Crippen LogP contribution is -2.28. The molecule has 1 saturated heterocycles. The van der Waals surface area contributed by atoms with Crippen molar-refractivity contribution < 1.29 is 4.79 Å². The van der Waals surface area contributed by atoms with E-state index in [0.29, 0.717) is 10.7 Å². The molecule has 0 aliphatic carbocycles. The minimum absolute atomic E-state index is 0.152. The van der Waals surface area contributed by atoms with Gasteiger partial charge in [0, 0.05) is 17.9 Å². The van der Waals surface area contributed by atoms with E-state index >= 15 is 0 Å². The minimum atomic E-state index is 0.152. The minimum Gasteiger partial charge on any atom is -0.337 e. The van der Waals surface area contributed by atoms with E-state index in [1.165, 1.54) is 11.3 Å². The molecule has 2 heterocycles. The third kappa shape index (κ3) is 2.45. The van der Waals surface area contributed by atoms with E-state index in [-0.39, 0.29) is 5.91 Å². The number of thiophene rings is 1. The van der Waals surface area contributed by atoms with Gasteiger partial charge in [0.2, 0.25) is 0 Å². The van der Waals surface area contributed by atoms with E-state index in [1.807, 2.05) is 17.0 Å². The van der Waals surface area contributed by atoms with Crippen molar-refractivity contribution in [2.24, 2.45) is 5.92 Å². The molecule has 2 atom stereocenters. The molecule has 0 N–H and O–H groups in total. The van der Waals surface area contributed by atoms with Crippen LogP contribution in [0.3, 0.4) is 0 Å². The van der Waals surface area contributed by atoms with E-state index in [2.05, 4.69) is 38.8 Å². The Hall–Kier alpha value is 0.130. The summed E-state index contributed by atoms with van der Waals surface area (Å²) in [7, 11) is 0. The molecule has 15 heavy (non-hydrogen) atoms. The Kier molecular flexibility index (Phi) is 3.52. The lowest BCUT2D eigenvalue weighted by atomic mass is 10.2. The number of likely N-dealkylation sites (tertiary alicyclic amines) is 1. The molecule has 1 aliphatic rings. The highest BCUT2D eigenvalue weighted by Crippen LogP contribution is 2.28. The molecule has 82 valence electrons. The third-order valence-electron chi connectivity index (χ3n) is 2.59. The fourth-order valence-corrected chi connectivity index (χ4v) is 3.55. The summed E-state index contributed by atoms with van der Waals surface area (Å²) < 4.78 is 1.01. The van der Waals surface area contributed by atoms with Crippen molar-refractivity contribution in [3.8, 4) is 0 Å². The van der Waals surface area contributed by atoms with Crippen molar-refractivity contribution in [3.05, 3.63) is 20.8 Å². The molecule has 0 aromatic carbocycles. The van der Waals surface area contributed by atoms with Gasteiger partial charge in [-0.15, -0.1) is 11.3 Å². The summed E-state index contributed by atoms with van der Waals surface area (Å²) in [4.78, 5) is 15.2. The number of halogens is 2. The van der Waals surface area contributed by atoms with Gasteiger partial charge in [0.25, 0.3) is 5.91 Å². The molecule has 2 nitrogen and oxygen atoms in total. The van der Waals surface area contributed by atoms with Crippen LogP contribution in [0.25, 0.3) is 0 Å². The number of carbonyl (C=O) groups excluding carboxylic acids is 1. The van der Waals surface area contributed by atoms with Gasteiger partial charge < -0.3 is 4.90 Å². The molecule has 0 bridgehead atoms. The molecule has 1 aromatic rings. The molecule has 0 radical (unpaired) electrons. The fourth-order valence-electron chi connectivity index (χ4n) is 1.68. The van der Waals surface area contributed by atoms with Gasteiger partial charge >= 0.3 is 0 Å². The lowest BCUT2D eigenvalue weighted by Gasteiger charge is -2.14. The van der Waals surface area contributed by atoms with Crippen molar-refractivity contribution in [1.82, 2.24) is 4.90 Å². The Balaban J connectivity index is 2.10. The number of nitrogens with zero attached hydrogens (tertiary/aromatic N) is 1. The molecule has 1 aliphatic heterocycles. The van der Waals surface area contributed by atoms with Crippen LogP contribution >= 0.6 is 43.2 Å². The molecule has 2 rings (SSSR count).